The number of aryl methyl sites for hydroxylation is 2. The van der Waals surface area contributed by atoms with Gasteiger partial charge in [0.25, 0.3) is 0 Å². The van der Waals surface area contributed by atoms with Gasteiger partial charge in [-0.1, -0.05) is 53.5 Å². The van der Waals surface area contributed by atoms with E-state index in [0.29, 0.717) is 15.6 Å². The van der Waals surface area contributed by atoms with Crippen molar-refractivity contribution in [1.29, 1.82) is 0 Å². The number of anilines is 1. The molecule has 0 heterocycles. The highest BCUT2D eigenvalue weighted by Crippen LogP contribution is 2.34. The molecule has 7 nitrogen and oxygen atoms in total. The summed E-state index contributed by atoms with van der Waals surface area (Å²) in [6, 6.07) is 13.3. The number of fused-ring (bicyclic) bond motifs is 1. The summed E-state index contributed by atoms with van der Waals surface area (Å²) < 4.78 is 31.7. The minimum Gasteiger partial charge on any atom is -1.00 e. The van der Waals surface area contributed by atoms with E-state index in [1.165, 1.54) is 36.4 Å². The first-order valence-corrected chi connectivity index (χ1v) is 14.3. The Balaban J connectivity index is 0.00000400. The molecule has 1 aliphatic carbocycles. The van der Waals surface area contributed by atoms with Gasteiger partial charge in [-0.25, -0.2) is 13.2 Å². The van der Waals surface area contributed by atoms with Gasteiger partial charge < -0.3 is 22.5 Å². The maximum Gasteiger partial charge on any atom is 0.346 e. The van der Waals surface area contributed by atoms with Gasteiger partial charge in [-0.3, -0.25) is 5.21 Å². The summed E-state index contributed by atoms with van der Waals surface area (Å²) in [4.78, 5) is 12.8. The zero-order valence-corrected chi connectivity index (χ0v) is 24.0. The molecule has 204 valence electrons. The number of nitrogens with zero attached hydrogens (tertiary/aromatic N) is 1. The summed E-state index contributed by atoms with van der Waals surface area (Å²) in [6.07, 6.45) is 4.27. The maximum atomic E-state index is 13.2. The fourth-order valence-electron chi connectivity index (χ4n) is 4.47. The quantitative estimate of drug-likeness (QED) is 0.318. The van der Waals surface area contributed by atoms with E-state index in [0.717, 1.165) is 31.2 Å². The molecule has 0 bridgehead atoms. The van der Waals surface area contributed by atoms with E-state index in [-0.39, 0.29) is 39.5 Å². The molecule has 0 fully saturated rings. The molecule has 3 aromatic rings. The number of carbonyl (C=O) groups is 1. The molecule has 11 heteroatoms. The second-order valence-electron chi connectivity index (χ2n) is 9.03. The van der Waals surface area contributed by atoms with Crippen LogP contribution in [-0.4, -0.2) is 31.8 Å². The van der Waals surface area contributed by atoms with Crippen molar-refractivity contribution < 1.29 is 35.6 Å². The van der Waals surface area contributed by atoms with Crippen molar-refractivity contribution in [3.05, 3.63) is 86.9 Å². The molecular weight excluding hydrogens is 571 g/mol. The summed E-state index contributed by atoms with van der Waals surface area (Å²) >= 11 is 12.3. The Labute approximate surface area is 239 Å². The third kappa shape index (κ3) is 6.55. The van der Waals surface area contributed by atoms with E-state index in [1.54, 1.807) is 25.1 Å². The summed E-state index contributed by atoms with van der Waals surface area (Å²) in [7, 11) is -2.30. The van der Waals surface area contributed by atoms with E-state index < -0.39 is 21.9 Å². The third-order valence-electron chi connectivity index (χ3n) is 6.55. The van der Waals surface area contributed by atoms with Crippen LogP contribution in [0.3, 0.4) is 0 Å². The van der Waals surface area contributed by atoms with Crippen molar-refractivity contribution in [2.45, 2.75) is 49.3 Å². The first kappa shape index (κ1) is 30.1. The summed E-state index contributed by atoms with van der Waals surface area (Å²) in [6.45, 7) is 1.59. The monoisotopic (exact) mass is 597 g/mol. The van der Waals surface area contributed by atoms with Gasteiger partial charge in [0.05, 0.1) is 39.5 Å². The van der Waals surface area contributed by atoms with Crippen LogP contribution in [0.15, 0.2) is 59.5 Å². The molecule has 3 aromatic carbocycles. The third-order valence-corrected chi connectivity index (χ3v) is 9.07. The van der Waals surface area contributed by atoms with E-state index >= 15 is 0 Å². The number of sulfone groups is 1. The fourth-order valence-corrected chi connectivity index (χ4v) is 6.28. The molecular formula is C27H28Cl3N2O5S-. The van der Waals surface area contributed by atoms with E-state index in [1.807, 2.05) is 18.2 Å². The first-order valence-electron chi connectivity index (χ1n) is 11.8. The Bertz CT molecular complexity index is 1430. The van der Waals surface area contributed by atoms with Crippen molar-refractivity contribution in [2.75, 3.05) is 12.4 Å². The molecule has 0 spiro atoms. The number of hydrogen-bond acceptors (Lipinski definition) is 5. The fraction of sp³-hybridized carbons (Fsp3) is 0.296. The molecule has 1 atom stereocenters. The first-order chi connectivity index (χ1) is 17.6. The normalized spacial score (nSPS) is 13.6. The Morgan fingerprint density at radius 3 is 2.50 bits per heavy atom. The van der Waals surface area contributed by atoms with Gasteiger partial charge >= 0.3 is 6.03 Å². The maximum absolute atomic E-state index is 13.2. The number of halogens is 3. The molecule has 1 unspecified atom stereocenters. The SMILES string of the molecule is COc1cc(S(=O)(=O)Cc2ccc3c(c2)CCCC3)ccc1NC(=O)N(O)C(C)c1cccc(Cl)c1Cl.[Cl-]. The zero-order valence-electron chi connectivity index (χ0n) is 20.9. The smallest absolute Gasteiger partial charge is 0.346 e. The summed E-state index contributed by atoms with van der Waals surface area (Å²) in [5.74, 6) is -0.000932. The predicted octanol–water partition coefficient (Wildman–Crippen LogP) is 3.84. The van der Waals surface area contributed by atoms with Gasteiger partial charge in [0.2, 0.25) is 0 Å². The second kappa shape index (κ2) is 12.6. The number of urea groups is 1. The lowest BCUT2D eigenvalue weighted by Crippen LogP contribution is -3.00. The second-order valence-corrected chi connectivity index (χ2v) is 11.8. The van der Waals surface area contributed by atoms with Gasteiger partial charge in [0, 0.05) is 6.07 Å². The lowest BCUT2D eigenvalue weighted by Gasteiger charge is -2.24. The van der Waals surface area contributed by atoms with Crippen LogP contribution in [0.2, 0.25) is 10.0 Å². The highest BCUT2D eigenvalue weighted by atomic mass is 35.5. The number of hydrogen-bond donors (Lipinski definition) is 2. The molecule has 1 aliphatic rings. The zero-order chi connectivity index (χ0) is 26.7. The van der Waals surface area contributed by atoms with Crippen LogP contribution < -0.4 is 22.5 Å². The Morgan fingerprint density at radius 1 is 1.08 bits per heavy atom. The molecule has 0 aromatic heterocycles. The van der Waals surface area contributed by atoms with Crippen LogP contribution >= 0.6 is 23.2 Å². The van der Waals surface area contributed by atoms with Gasteiger partial charge in [-0.2, -0.15) is 5.06 Å². The minimum absolute atomic E-state index is 0. The number of amides is 2. The molecule has 38 heavy (non-hydrogen) atoms. The molecule has 4 rings (SSSR count). The number of methoxy groups -OCH3 is 1. The van der Waals surface area contributed by atoms with Crippen LogP contribution in [0.25, 0.3) is 0 Å². The molecule has 0 aliphatic heterocycles. The number of hydroxylamine groups is 2. The highest BCUT2D eigenvalue weighted by molar-refractivity contribution is 7.90. The van der Waals surface area contributed by atoms with Crippen LogP contribution in [0, 0.1) is 0 Å². The predicted molar refractivity (Wildman–Crippen MR) is 144 cm³/mol. The van der Waals surface area contributed by atoms with Crippen LogP contribution in [0.5, 0.6) is 5.75 Å². The number of ether oxygens (including phenoxy) is 1. The van der Waals surface area contributed by atoms with Crippen LogP contribution in [-0.2, 0) is 28.4 Å². The van der Waals surface area contributed by atoms with E-state index in [9.17, 15) is 18.4 Å². The van der Waals surface area contributed by atoms with Crippen molar-refractivity contribution in [3.63, 3.8) is 0 Å². The number of rotatable bonds is 7. The van der Waals surface area contributed by atoms with E-state index in [4.69, 9.17) is 27.9 Å². The van der Waals surface area contributed by atoms with Gasteiger partial charge in [-0.15, -0.1) is 0 Å². The number of benzene rings is 3. The largest absolute Gasteiger partial charge is 1.00 e. The Hall–Kier alpha value is -2.49. The van der Waals surface area contributed by atoms with Crippen molar-refractivity contribution in [1.82, 2.24) is 5.06 Å². The van der Waals surface area contributed by atoms with Crippen molar-refractivity contribution in [2.24, 2.45) is 0 Å². The average molecular weight is 599 g/mol. The van der Waals surface area contributed by atoms with Gasteiger partial charge in [0.1, 0.15) is 5.75 Å². The van der Waals surface area contributed by atoms with Crippen LogP contribution in [0.1, 0.15) is 48.1 Å². The number of carbonyl (C=O) groups excluding carboxylic acids is 1. The topological polar surface area (TPSA) is 95.9 Å². The summed E-state index contributed by atoms with van der Waals surface area (Å²) in [5, 5.41) is 14.1. The van der Waals surface area contributed by atoms with E-state index in [2.05, 4.69) is 5.32 Å². The van der Waals surface area contributed by atoms with Gasteiger partial charge in [0.15, 0.2) is 9.84 Å². The Kier molecular flexibility index (Phi) is 9.95. The van der Waals surface area contributed by atoms with Crippen molar-refractivity contribution in [3.8, 4) is 5.75 Å². The number of nitrogens with one attached hydrogen (secondary N) is 1. The lowest BCUT2D eigenvalue weighted by atomic mass is 9.91. The molecule has 0 saturated carbocycles. The molecule has 0 saturated heterocycles. The lowest BCUT2D eigenvalue weighted by molar-refractivity contribution is -0.0690. The molecule has 0 radical (unpaired) electrons. The minimum atomic E-state index is -3.67. The standard InChI is InChI=1S/C27H28Cl2N2O5S.ClH/c1-17(22-8-5-9-23(28)26(22)29)31(33)27(32)30-24-13-12-21(15-25(24)36-2)37(34,35)16-18-10-11-19-6-3-4-7-20(19)14-18;/h5,8-15,17,33H,3-4,6-7,16H2,1-2H3,(H,30,32);1H/p-1. The average Bonchev–Trinajstić information content (AvgIpc) is 2.89. The highest BCUT2D eigenvalue weighted by Gasteiger charge is 2.25. The van der Waals surface area contributed by atoms with Crippen molar-refractivity contribution >= 4 is 44.8 Å². The van der Waals surface area contributed by atoms with Gasteiger partial charge in [-0.05, 0) is 73.1 Å². The summed E-state index contributed by atoms with van der Waals surface area (Å²) in [5.41, 5.74) is 3.91. The van der Waals surface area contributed by atoms with Crippen LogP contribution in [0.4, 0.5) is 10.5 Å². The molecule has 2 N–H and O–H groups in total. The molecule has 2 amide bonds. The Morgan fingerprint density at radius 2 is 1.79 bits per heavy atom.